The summed E-state index contributed by atoms with van der Waals surface area (Å²) < 4.78 is 47.9. The fourth-order valence-electron chi connectivity index (χ4n) is 5.48. The summed E-state index contributed by atoms with van der Waals surface area (Å²) in [5, 5.41) is 3.03. The van der Waals surface area contributed by atoms with Crippen molar-refractivity contribution in [1.82, 2.24) is 4.90 Å². The van der Waals surface area contributed by atoms with Crippen LogP contribution in [0.15, 0.2) is 54.2 Å². The Hall–Kier alpha value is -2.89. The third kappa shape index (κ3) is 8.63. The normalized spacial score (nSPS) is 17.1. The summed E-state index contributed by atoms with van der Waals surface area (Å²) in [4.78, 5) is 17.5. The highest BCUT2D eigenvalue weighted by Gasteiger charge is 2.44. The van der Waals surface area contributed by atoms with Gasteiger partial charge in [-0.2, -0.15) is 13.2 Å². The van der Waals surface area contributed by atoms with Crippen molar-refractivity contribution in [3.05, 3.63) is 65.4 Å². The van der Waals surface area contributed by atoms with Gasteiger partial charge in [0.05, 0.1) is 28.9 Å². The molecule has 2 heterocycles. The lowest BCUT2D eigenvalue weighted by Crippen LogP contribution is -2.42. The van der Waals surface area contributed by atoms with E-state index in [1.807, 2.05) is 12.1 Å². The van der Waals surface area contributed by atoms with Crippen molar-refractivity contribution in [2.45, 2.75) is 78.1 Å². The molecule has 2 aliphatic rings. The molecule has 1 fully saturated rings. The fraction of sp³-hybridized carbons (Fsp3) is 0.545. The van der Waals surface area contributed by atoms with Gasteiger partial charge in [0.25, 0.3) is 0 Å². The van der Waals surface area contributed by atoms with Gasteiger partial charge in [-0.3, -0.25) is 5.01 Å². The third-order valence-corrected chi connectivity index (χ3v) is 8.74. The second-order valence-electron chi connectivity index (χ2n) is 11.7. The number of esters is 1. The van der Waals surface area contributed by atoms with Crippen LogP contribution in [-0.2, 0) is 11.3 Å². The average molecular weight is 636 g/mol. The van der Waals surface area contributed by atoms with Gasteiger partial charge in [0, 0.05) is 24.3 Å². The molecule has 0 amide bonds. The lowest BCUT2D eigenvalue weighted by atomic mass is 10.0. The molecule has 0 aromatic heterocycles. The number of hydrogen-bond donors (Lipinski definition) is 1. The number of hydrogen-bond acceptors (Lipinski definition) is 8. The lowest BCUT2D eigenvalue weighted by molar-refractivity contribution is -0.0927. The Kier molecular flexibility index (Phi) is 12.5. The first-order valence-corrected chi connectivity index (χ1v) is 16.6. The topological polar surface area (TPSA) is 65.3 Å². The molecule has 2 aromatic rings. The average Bonchev–Trinajstić information content (AvgIpc) is 3.65. The quantitative estimate of drug-likeness (QED) is 0.286. The van der Waals surface area contributed by atoms with Gasteiger partial charge in [-0.05, 0) is 102 Å². The number of benzene rings is 2. The van der Waals surface area contributed by atoms with Gasteiger partial charge in [0.15, 0.2) is 0 Å². The Morgan fingerprint density at radius 1 is 1.02 bits per heavy atom. The number of halogens is 3. The number of rotatable bonds is 9. The minimum Gasteiger partial charge on any atom is -0.456 e. The number of ether oxygens (including phenoxy) is 1. The van der Waals surface area contributed by atoms with Crippen molar-refractivity contribution in [3.63, 3.8) is 0 Å². The van der Waals surface area contributed by atoms with E-state index >= 15 is 0 Å². The van der Waals surface area contributed by atoms with Crippen molar-refractivity contribution >= 4 is 34.8 Å². The molecule has 1 atom stereocenters. The van der Waals surface area contributed by atoms with Crippen LogP contribution in [0.1, 0.15) is 70.3 Å². The van der Waals surface area contributed by atoms with Gasteiger partial charge in [0.2, 0.25) is 0 Å². The molecule has 0 aliphatic carbocycles. The Balaban J connectivity index is 0.000000676. The predicted octanol–water partition coefficient (Wildman–Crippen LogP) is 7.43. The summed E-state index contributed by atoms with van der Waals surface area (Å²) in [5.74, 6) is -0.567. The van der Waals surface area contributed by atoms with Crippen LogP contribution < -0.4 is 20.7 Å². The van der Waals surface area contributed by atoms with Crippen LogP contribution in [0.4, 0.5) is 30.2 Å². The minimum atomic E-state index is -4.57. The second kappa shape index (κ2) is 15.4. The number of alkyl halides is 3. The van der Waals surface area contributed by atoms with E-state index in [0.29, 0.717) is 22.3 Å². The van der Waals surface area contributed by atoms with Crippen molar-refractivity contribution in [2.24, 2.45) is 5.73 Å². The van der Waals surface area contributed by atoms with Crippen LogP contribution in [0.25, 0.3) is 0 Å². The smallest absolute Gasteiger partial charge is 0.433 e. The number of allylic oxidation sites excluding steroid dienone is 1. The first-order valence-electron chi connectivity index (χ1n) is 15.3. The molecule has 1 saturated heterocycles. The van der Waals surface area contributed by atoms with E-state index in [1.54, 1.807) is 62.9 Å². The zero-order valence-corrected chi connectivity index (χ0v) is 27.9. The van der Waals surface area contributed by atoms with E-state index in [-0.39, 0.29) is 18.7 Å². The van der Waals surface area contributed by atoms with Crippen LogP contribution in [0.5, 0.6) is 0 Å². The summed E-state index contributed by atoms with van der Waals surface area (Å²) >= 11 is 1.78. The van der Waals surface area contributed by atoms with Gasteiger partial charge >= 0.3 is 12.1 Å². The number of nitrogens with zero attached hydrogens (tertiary/aromatic N) is 4. The largest absolute Gasteiger partial charge is 0.456 e. The van der Waals surface area contributed by atoms with Crippen LogP contribution >= 0.6 is 11.8 Å². The molecule has 2 aliphatic heterocycles. The minimum absolute atomic E-state index is 0.0258. The molecule has 2 N–H and O–H groups in total. The molecule has 7 nitrogen and oxygen atoms in total. The molecule has 0 radical (unpaired) electrons. The number of carbonyl (C=O) groups is 1. The highest BCUT2D eigenvalue weighted by molar-refractivity contribution is 7.99. The Bertz CT molecular complexity index is 1250. The van der Waals surface area contributed by atoms with E-state index in [0.717, 1.165) is 36.2 Å². The molecular formula is C33H48F3N5O2S. The summed E-state index contributed by atoms with van der Waals surface area (Å²) in [6.07, 6.45) is 0.820. The van der Waals surface area contributed by atoms with Crippen LogP contribution in [0.3, 0.4) is 0 Å². The summed E-state index contributed by atoms with van der Waals surface area (Å²) in [7, 11) is 0. The first-order chi connectivity index (χ1) is 20.8. The molecule has 2 aromatic carbocycles. The Morgan fingerprint density at radius 2 is 1.64 bits per heavy atom. The van der Waals surface area contributed by atoms with Gasteiger partial charge in [-0.15, -0.1) is 11.8 Å². The Morgan fingerprint density at radius 3 is 2.14 bits per heavy atom. The van der Waals surface area contributed by atoms with E-state index in [1.165, 1.54) is 24.6 Å². The van der Waals surface area contributed by atoms with Gasteiger partial charge in [-0.1, -0.05) is 26.8 Å². The van der Waals surface area contributed by atoms with Crippen molar-refractivity contribution in [1.29, 1.82) is 0 Å². The monoisotopic (exact) mass is 635 g/mol. The van der Waals surface area contributed by atoms with E-state index in [4.69, 9.17) is 10.5 Å². The number of nitrogens with two attached hydrogens (primary N) is 1. The summed E-state index contributed by atoms with van der Waals surface area (Å²) in [6.45, 7) is 16.2. The maximum absolute atomic E-state index is 14.1. The molecule has 44 heavy (non-hydrogen) atoms. The molecule has 0 bridgehead atoms. The second-order valence-corrected chi connectivity index (χ2v) is 12.7. The van der Waals surface area contributed by atoms with E-state index < -0.39 is 23.4 Å². The molecule has 1 unspecified atom stereocenters. The molecule has 11 heteroatoms. The SMILES string of the molecule is CCN(CC)CC.CSC1CCCN1c1ccc(N2C(C(F)(F)F)=CCN2c2cccc(C(=O)OC(C)(C)C)c2CN)cc1. The number of thioether (sulfide) groups is 1. The predicted molar refractivity (Wildman–Crippen MR) is 177 cm³/mol. The van der Waals surface area contributed by atoms with Crippen molar-refractivity contribution in [3.8, 4) is 0 Å². The van der Waals surface area contributed by atoms with Gasteiger partial charge in [-0.25, -0.2) is 9.80 Å². The first kappa shape index (κ1) is 35.6. The molecule has 0 spiro atoms. The molecule has 244 valence electrons. The maximum atomic E-state index is 14.1. The Labute approximate surface area is 265 Å². The molecule has 0 saturated carbocycles. The number of carbonyl (C=O) groups excluding carboxylic acids is 1. The summed E-state index contributed by atoms with van der Waals surface area (Å²) in [6, 6.07) is 12.1. The maximum Gasteiger partial charge on any atom is 0.433 e. The highest BCUT2D eigenvalue weighted by Crippen LogP contribution is 2.41. The van der Waals surface area contributed by atoms with Crippen LogP contribution in [0.2, 0.25) is 0 Å². The zero-order valence-electron chi connectivity index (χ0n) is 27.1. The third-order valence-electron chi connectivity index (χ3n) is 7.71. The van der Waals surface area contributed by atoms with Gasteiger partial charge in [0.1, 0.15) is 11.3 Å². The van der Waals surface area contributed by atoms with E-state index in [9.17, 15) is 18.0 Å². The zero-order chi connectivity index (χ0) is 32.7. The molecular weight excluding hydrogens is 587 g/mol. The van der Waals surface area contributed by atoms with Crippen molar-refractivity contribution in [2.75, 3.05) is 53.9 Å². The number of hydrazine groups is 1. The van der Waals surface area contributed by atoms with Crippen molar-refractivity contribution < 1.29 is 22.7 Å². The van der Waals surface area contributed by atoms with Crippen LogP contribution in [0, 0.1) is 0 Å². The van der Waals surface area contributed by atoms with Crippen LogP contribution in [-0.4, -0.2) is 67.0 Å². The fourth-order valence-corrected chi connectivity index (χ4v) is 6.36. The van der Waals surface area contributed by atoms with Gasteiger partial charge < -0.3 is 20.3 Å². The number of anilines is 3. The lowest BCUT2D eigenvalue weighted by Gasteiger charge is -2.36. The van der Waals surface area contributed by atoms with E-state index in [2.05, 4.69) is 36.8 Å². The standard InChI is InChI=1S/C27H33F3N4O2S.C6H15N/c1-26(2,3)36-25(35)20-7-5-8-22(21(20)17-31)33-16-14-23(27(28,29)30)34(33)19-12-10-18(11-13-19)32-15-6-9-24(32)37-4;1-4-7(5-2)6-3/h5,7-8,10-14,24H,6,9,15-17,31H2,1-4H3;4-6H2,1-3H3. The summed E-state index contributed by atoms with van der Waals surface area (Å²) in [5.41, 5.74) is 6.98. The molecule has 4 rings (SSSR count). The highest BCUT2D eigenvalue weighted by atomic mass is 32.2.